The lowest BCUT2D eigenvalue weighted by Gasteiger charge is -2.32. The third-order valence-corrected chi connectivity index (χ3v) is 4.95. The van der Waals surface area contributed by atoms with Crippen LogP contribution in [0.25, 0.3) is 6.08 Å². The summed E-state index contributed by atoms with van der Waals surface area (Å²) < 4.78 is 11.7. The van der Waals surface area contributed by atoms with Crippen LogP contribution in [0.4, 0.5) is 0 Å². The molecule has 0 aromatic heterocycles. The Kier molecular flexibility index (Phi) is 8.17. The molecule has 25 heavy (non-hydrogen) atoms. The van der Waals surface area contributed by atoms with E-state index in [4.69, 9.17) is 9.47 Å². The minimum absolute atomic E-state index is 0.369. The van der Waals surface area contributed by atoms with Gasteiger partial charge < -0.3 is 14.8 Å². The summed E-state index contributed by atoms with van der Waals surface area (Å²) in [5.74, 6) is 2.39. The van der Waals surface area contributed by atoms with Crippen molar-refractivity contribution in [2.24, 2.45) is 5.92 Å². The number of benzene rings is 1. The second-order valence-electron chi connectivity index (χ2n) is 6.82. The SMILES string of the molecule is CCCCC(CCCC)C1NC=Cc2cc(OCC)c(OCC)cc21. The number of fused-ring (bicyclic) bond motifs is 1. The summed E-state index contributed by atoms with van der Waals surface area (Å²) in [7, 11) is 0. The Bertz CT molecular complexity index is 545. The molecular formula is C22H35NO2. The van der Waals surface area contributed by atoms with Gasteiger partial charge in [-0.15, -0.1) is 0 Å². The van der Waals surface area contributed by atoms with Crippen molar-refractivity contribution >= 4 is 6.08 Å². The van der Waals surface area contributed by atoms with E-state index in [1.807, 2.05) is 13.8 Å². The molecule has 140 valence electrons. The first-order valence-corrected chi connectivity index (χ1v) is 10.1. The van der Waals surface area contributed by atoms with Gasteiger partial charge >= 0.3 is 0 Å². The maximum Gasteiger partial charge on any atom is 0.161 e. The summed E-state index contributed by atoms with van der Waals surface area (Å²) in [6.45, 7) is 9.90. The molecule has 0 bridgehead atoms. The molecule has 0 spiro atoms. The van der Waals surface area contributed by atoms with Gasteiger partial charge in [-0.05, 0) is 68.1 Å². The molecule has 1 aromatic rings. The van der Waals surface area contributed by atoms with Gasteiger partial charge in [-0.1, -0.05) is 39.5 Å². The second-order valence-corrected chi connectivity index (χ2v) is 6.82. The summed E-state index contributed by atoms with van der Waals surface area (Å²) in [4.78, 5) is 0. The lowest BCUT2D eigenvalue weighted by molar-refractivity contribution is 0.284. The van der Waals surface area contributed by atoms with Crippen LogP contribution in [-0.4, -0.2) is 13.2 Å². The molecule has 1 N–H and O–H groups in total. The monoisotopic (exact) mass is 345 g/mol. The summed E-state index contributed by atoms with van der Waals surface area (Å²) in [6.07, 6.45) is 11.9. The van der Waals surface area contributed by atoms with Gasteiger partial charge in [-0.2, -0.15) is 0 Å². The summed E-state index contributed by atoms with van der Waals surface area (Å²) in [5.41, 5.74) is 2.61. The van der Waals surface area contributed by atoms with Crippen LogP contribution in [0, 0.1) is 5.92 Å². The molecule has 0 radical (unpaired) electrons. The van der Waals surface area contributed by atoms with Gasteiger partial charge in [-0.3, -0.25) is 0 Å². The highest BCUT2D eigenvalue weighted by molar-refractivity contribution is 5.63. The van der Waals surface area contributed by atoms with Crippen molar-refractivity contribution in [2.75, 3.05) is 13.2 Å². The van der Waals surface area contributed by atoms with E-state index in [9.17, 15) is 0 Å². The van der Waals surface area contributed by atoms with Gasteiger partial charge in [0.05, 0.1) is 19.3 Å². The van der Waals surface area contributed by atoms with E-state index in [-0.39, 0.29) is 0 Å². The molecule has 1 atom stereocenters. The van der Waals surface area contributed by atoms with Crippen molar-refractivity contribution in [3.63, 3.8) is 0 Å². The number of rotatable bonds is 11. The summed E-state index contributed by atoms with van der Waals surface area (Å²) >= 11 is 0. The van der Waals surface area contributed by atoms with E-state index in [1.54, 1.807) is 0 Å². The molecule has 0 aliphatic carbocycles. The minimum Gasteiger partial charge on any atom is -0.490 e. The average molecular weight is 346 g/mol. The number of nitrogens with one attached hydrogen (secondary N) is 1. The molecule has 3 nitrogen and oxygen atoms in total. The van der Waals surface area contributed by atoms with Gasteiger partial charge in [0.1, 0.15) is 0 Å². The van der Waals surface area contributed by atoms with Crippen LogP contribution >= 0.6 is 0 Å². The first-order valence-electron chi connectivity index (χ1n) is 10.1. The zero-order valence-corrected chi connectivity index (χ0v) is 16.4. The molecule has 1 aromatic carbocycles. The standard InChI is InChI=1S/C22H35NO2/c1-5-9-11-17(12-10-6-2)22-19-16-21(25-8-4)20(24-7-3)15-18(19)13-14-23-22/h13-17,22-23H,5-12H2,1-4H3. The predicted octanol–water partition coefficient (Wildman–Crippen LogP) is 6.10. The van der Waals surface area contributed by atoms with Crippen molar-refractivity contribution < 1.29 is 9.47 Å². The van der Waals surface area contributed by atoms with Crippen molar-refractivity contribution in [3.05, 3.63) is 29.5 Å². The molecule has 0 fully saturated rings. The Morgan fingerprint density at radius 3 is 2.08 bits per heavy atom. The third kappa shape index (κ3) is 5.17. The molecule has 1 unspecified atom stereocenters. The van der Waals surface area contributed by atoms with Gasteiger partial charge in [-0.25, -0.2) is 0 Å². The Morgan fingerprint density at radius 2 is 1.52 bits per heavy atom. The van der Waals surface area contributed by atoms with E-state index in [0.29, 0.717) is 25.2 Å². The van der Waals surface area contributed by atoms with Gasteiger partial charge in [0.25, 0.3) is 0 Å². The van der Waals surface area contributed by atoms with Gasteiger partial charge in [0.15, 0.2) is 11.5 Å². The van der Waals surface area contributed by atoms with Crippen molar-refractivity contribution in [3.8, 4) is 11.5 Å². The van der Waals surface area contributed by atoms with Crippen LogP contribution in [0.2, 0.25) is 0 Å². The zero-order chi connectivity index (χ0) is 18.1. The number of unbranched alkanes of at least 4 members (excludes halogenated alkanes) is 2. The molecular weight excluding hydrogens is 310 g/mol. The second kappa shape index (κ2) is 10.4. The van der Waals surface area contributed by atoms with Gasteiger partial charge in [0, 0.05) is 0 Å². The van der Waals surface area contributed by atoms with Crippen molar-refractivity contribution in [1.29, 1.82) is 0 Å². The van der Waals surface area contributed by atoms with E-state index < -0.39 is 0 Å². The molecule has 1 heterocycles. The molecule has 3 heteroatoms. The highest BCUT2D eigenvalue weighted by Gasteiger charge is 2.27. The van der Waals surface area contributed by atoms with E-state index in [2.05, 4.69) is 43.6 Å². The number of hydrogen-bond acceptors (Lipinski definition) is 3. The van der Waals surface area contributed by atoms with Crippen LogP contribution in [0.1, 0.15) is 83.4 Å². The van der Waals surface area contributed by atoms with Crippen LogP contribution in [0.5, 0.6) is 11.5 Å². The maximum atomic E-state index is 5.87. The topological polar surface area (TPSA) is 30.5 Å². The van der Waals surface area contributed by atoms with E-state index in [1.165, 1.54) is 49.7 Å². The summed E-state index contributed by atoms with van der Waals surface area (Å²) in [6, 6.07) is 4.72. The van der Waals surface area contributed by atoms with Crippen LogP contribution in [0.15, 0.2) is 18.3 Å². The Hall–Kier alpha value is -1.64. The molecule has 1 aliphatic rings. The highest BCUT2D eigenvalue weighted by Crippen LogP contribution is 2.40. The fourth-order valence-electron chi connectivity index (χ4n) is 3.67. The Labute approximate surface area is 153 Å². The first-order chi connectivity index (χ1) is 12.2. The average Bonchev–Trinajstić information content (AvgIpc) is 2.62. The third-order valence-electron chi connectivity index (χ3n) is 4.95. The number of hydrogen-bond donors (Lipinski definition) is 1. The van der Waals surface area contributed by atoms with Crippen LogP contribution in [-0.2, 0) is 0 Å². The van der Waals surface area contributed by atoms with Crippen LogP contribution in [0.3, 0.4) is 0 Å². The quantitative estimate of drug-likeness (QED) is 0.526. The molecule has 2 rings (SSSR count). The molecule has 0 amide bonds. The Morgan fingerprint density at radius 1 is 0.920 bits per heavy atom. The normalized spacial score (nSPS) is 15.8. The smallest absolute Gasteiger partial charge is 0.161 e. The summed E-state index contributed by atoms with van der Waals surface area (Å²) in [5, 5.41) is 3.64. The molecule has 1 aliphatic heterocycles. The minimum atomic E-state index is 0.369. The molecule has 0 saturated heterocycles. The van der Waals surface area contributed by atoms with Crippen molar-refractivity contribution in [1.82, 2.24) is 5.32 Å². The maximum absolute atomic E-state index is 5.87. The lowest BCUT2D eigenvalue weighted by Crippen LogP contribution is -2.27. The van der Waals surface area contributed by atoms with E-state index >= 15 is 0 Å². The van der Waals surface area contributed by atoms with Crippen molar-refractivity contribution in [2.45, 2.75) is 72.3 Å². The fraction of sp³-hybridized carbons (Fsp3) is 0.636. The predicted molar refractivity (Wildman–Crippen MR) is 106 cm³/mol. The van der Waals surface area contributed by atoms with E-state index in [0.717, 1.165) is 11.5 Å². The highest BCUT2D eigenvalue weighted by atomic mass is 16.5. The lowest BCUT2D eigenvalue weighted by atomic mass is 9.82. The van der Waals surface area contributed by atoms with Gasteiger partial charge in [0.2, 0.25) is 0 Å². The Balaban J connectivity index is 2.33. The largest absolute Gasteiger partial charge is 0.490 e. The number of ether oxygens (including phenoxy) is 2. The fourth-order valence-corrected chi connectivity index (χ4v) is 3.67. The zero-order valence-electron chi connectivity index (χ0n) is 16.4. The molecule has 0 saturated carbocycles. The first kappa shape index (κ1) is 19.7. The van der Waals surface area contributed by atoms with Crippen LogP contribution < -0.4 is 14.8 Å².